The largest absolute Gasteiger partial charge is 0.393 e. The van der Waals surface area contributed by atoms with Crippen molar-refractivity contribution in [3.8, 4) is 0 Å². The molecule has 1 heterocycles. The maximum Gasteiger partial charge on any atom is 0.251 e. The molecule has 1 saturated carbocycles. The van der Waals surface area contributed by atoms with Crippen LogP contribution in [0.4, 0.5) is 5.69 Å². The van der Waals surface area contributed by atoms with E-state index in [0.29, 0.717) is 17.9 Å². The van der Waals surface area contributed by atoms with E-state index in [1.165, 1.54) is 12.8 Å². The summed E-state index contributed by atoms with van der Waals surface area (Å²) in [5.41, 5.74) is 1.87. The van der Waals surface area contributed by atoms with Crippen LogP contribution in [-0.4, -0.2) is 36.2 Å². The summed E-state index contributed by atoms with van der Waals surface area (Å²) in [6, 6.07) is 8.20. The molecule has 0 radical (unpaired) electrons. The van der Waals surface area contributed by atoms with Crippen LogP contribution in [0.3, 0.4) is 0 Å². The van der Waals surface area contributed by atoms with Gasteiger partial charge in [0.2, 0.25) is 0 Å². The lowest BCUT2D eigenvalue weighted by Crippen LogP contribution is -2.43. The van der Waals surface area contributed by atoms with Crippen LogP contribution in [0.15, 0.2) is 24.3 Å². The Kier molecular flexibility index (Phi) is 5.44. The molecule has 1 aromatic carbocycles. The van der Waals surface area contributed by atoms with Gasteiger partial charge in [-0.15, -0.1) is 0 Å². The van der Waals surface area contributed by atoms with Crippen LogP contribution in [0.2, 0.25) is 0 Å². The molecule has 132 valence electrons. The van der Waals surface area contributed by atoms with E-state index in [4.69, 9.17) is 0 Å². The molecule has 1 aliphatic heterocycles. The molecule has 0 spiro atoms. The van der Waals surface area contributed by atoms with Gasteiger partial charge in [-0.3, -0.25) is 4.79 Å². The number of hydrogen-bond acceptors (Lipinski definition) is 3. The van der Waals surface area contributed by atoms with Crippen LogP contribution in [0.1, 0.15) is 56.3 Å². The molecule has 3 atom stereocenters. The summed E-state index contributed by atoms with van der Waals surface area (Å²) in [6.07, 6.45) is 5.04. The van der Waals surface area contributed by atoms with Gasteiger partial charge in [0.1, 0.15) is 0 Å². The Hall–Kier alpha value is -1.55. The number of hydrogen-bond donors (Lipinski definition) is 2. The molecule has 4 heteroatoms. The van der Waals surface area contributed by atoms with Gasteiger partial charge in [-0.05, 0) is 55.4 Å². The van der Waals surface area contributed by atoms with Gasteiger partial charge in [-0.2, -0.15) is 0 Å². The molecule has 4 nitrogen and oxygen atoms in total. The zero-order valence-electron chi connectivity index (χ0n) is 14.9. The first-order valence-corrected chi connectivity index (χ1v) is 9.38. The van der Waals surface area contributed by atoms with Crippen molar-refractivity contribution >= 4 is 11.6 Å². The van der Waals surface area contributed by atoms with Crippen molar-refractivity contribution in [3.05, 3.63) is 29.8 Å². The highest BCUT2D eigenvalue weighted by atomic mass is 16.3. The molecule has 24 heavy (non-hydrogen) atoms. The Morgan fingerprint density at radius 3 is 2.42 bits per heavy atom. The van der Waals surface area contributed by atoms with E-state index in [0.717, 1.165) is 43.6 Å². The van der Waals surface area contributed by atoms with Gasteiger partial charge in [0.25, 0.3) is 5.91 Å². The van der Waals surface area contributed by atoms with E-state index >= 15 is 0 Å². The number of anilines is 1. The highest BCUT2D eigenvalue weighted by Gasteiger charge is 2.28. The molecular weight excluding hydrogens is 300 g/mol. The summed E-state index contributed by atoms with van der Waals surface area (Å²) in [6.45, 7) is 6.30. The van der Waals surface area contributed by atoms with Crippen molar-refractivity contribution < 1.29 is 9.90 Å². The Morgan fingerprint density at radius 1 is 1.08 bits per heavy atom. The number of aliphatic hydroxyl groups is 1. The SMILES string of the molecule is CC1CCCC(NC(=O)c2ccc(N3CCC(O)CC3)cc2)C1C. The first-order chi connectivity index (χ1) is 11.5. The van der Waals surface area contributed by atoms with Crippen LogP contribution in [0, 0.1) is 11.8 Å². The van der Waals surface area contributed by atoms with E-state index in [1.807, 2.05) is 24.3 Å². The number of amides is 1. The fourth-order valence-electron chi connectivity index (χ4n) is 3.99. The average molecular weight is 330 g/mol. The number of nitrogens with one attached hydrogen (secondary N) is 1. The first kappa shape index (κ1) is 17.3. The molecule has 2 aliphatic rings. The normalized spacial score (nSPS) is 28.6. The predicted octanol–water partition coefficient (Wildman–Crippen LogP) is 3.20. The topological polar surface area (TPSA) is 52.6 Å². The summed E-state index contributed by atoms with van der Waals surface area (Å²) in [5, 5.41) is 12.8. The Balaban J connectivity index is 1.59. The molecule has 3 unspecified atom stereocenters. The number of piperidine rings is 1. The molecule has 2 N–H and O–H groups in total. The summed E-state index contributed by atoms with van der Waals surface area (Å²) in [5.74, 6) is 1.27. The van der Waals surface area contributed by atoms with Crippen LogP contribution in [0.5, 0.6) is 0 Å². The lowest BCUT2D eigenvalue weighted by Gasteiger charge is -2.34. The van der Waals surface area contributed by atoms with Crippen molar-refractivity contribution in [2.45, 2.75) is 58.1 Å². The first-order valence-electron chi connectivity index (χ1n) is 9.38. The van der Waals surface area contributed by atoms with Crippen molar-refractivity contribution in [1.82, 2.24) is 5.32 Å². The standard InChI is InChI=1S/C20H30N2O2/c1-14-4-3-5-19(15(14)2)21-20(24)16-6-8-17(9-7-16)22-12-10-18(23)11-13-22/h6-9,14-15,18-19,23H,3-5,10-13H2,1-2H3,(H,21,24). The van der Waals surface area contributed by atoms with Crippen molar-refractivity contribution in [2.75, 3.05) is 18.0 Å². The molecule has 0 aromatic heterocycles. The van der Waals surface area contributed by atoms with Crippen LogP contribution >= 0.6 is 0 Å². The average Bonchev–Trinajstić information content (AvgIpc) is 2.60. The van der Waals surface area contributed by atoms with Crippen molar-refractivity contribution in [2.24, 2.45) is 11.8 Å². The van der Waals surface area contributed by atoms with Crippen LogP contribution in [-0.2, 0) is 0 Å². The smallest absolute Gasteiger partial charge is 0.251 e. The number of carbonyl (C=O) groups excluding carboxylic acids is 1. The third kappa shape index (κ3) is 3.92. The summed E-state index contributed by atoms with van der Waals surface area (Å²) >= 11 is 0. The quantitative estimate of drug-likeness (QED) is 0.895. The second-order valence-electron chi connectivity index (χ2n) is 7.61. The summed E-state index contributed by atoms with van der Waals surface area (Å²) in [4.78, 5) is 14.8. The molecule has 2 fully saturated rings. The van der Waals surface area contributed by atoms with E-state index < -0.39 is 0 Å². The zero-order valence-corrected chi connectivity index (χ0v) is 14.9. The van der Waals surface area contributed by atoms with E-state index in [2.05, 4.69) is 24.1 Å². The lowest BCUT2D eigenvalue weighted by molar-refractivity contribution is 0.0891. The lowest BCUT2D eigenvalue weighted by atomic mass is 9.78. The molecule has 3 rings (SSSR count). The number of carbonyl (C=O) groups is 1. The number of rotatable bonds is 3. The van der Waals surface area contributed by atoms with Gasteiger partial charge < -0.3 is 15.3 Å². The molecule has 1 amide bonds. The third-order valence-electron chi connectivity index (χ3n) is 5.98. The van der Waals surface area contributed by atoms with Gasteiger partial charge in [-0.25, -0.2) is 0 Å². The second kappa shape index (κ2) is 7.56. The number of nitrogens with zero attached hydrogens (tertiary/aromatic N) is 1. The van der Waals surface area contributed by atoms with Gasteiger partial charge in [-0.1, -0.05) is 26.7 Å². The van der Waals surface area contributed by atoms with E-state index in [1.54, 1.807) is 0 Å². The van der Waals surface area contributed by atoms with Gasteiger partial charge in [0.05, 0.1) is 6.10 Å². The Morgan fingerprint density at radius 2 is 1.75 bits per heavy atom. The van der Waals surface area contributed by atoms with Crippen LogP contribution < -0.4 is 10.2 Å². The maximum atomic E-state index is 12.5. The van der Waals surface area contributed by atoms with Crippen LogP contribution in [0.25, 0.3) is 0 Å². The van der Waals surface area contributed by atoms with E-state index in [9.17, 15) is 9.90 Å². The predicted molar refractivity (Wildman–Crippen MR) is 97.3 cm³/mol. The van der Waals surface area contributed by atoms with Gasteiger partial charge >= 0.3 is 0 Å². The molecule has 1 saturated heterocycles. The minimum atomic E-state index is -0.161. The van der Waals surface area contributed by atoms with Crippen molar-refractivity contribution in [1.29, 1.82) is 0 Å². The zero-order chi connectivity index (χ0) is 17.1. The van der Waals surface area contributed by atoms with Crippen molar-refractivity contribution in [3.63, 3.8) is 0 Å². The highest BCUT2D eigenvalue weighted by molar-refractivity contribution is 5.94. The fraction of sp³-hybridized carbons (Fsp3) is 0.650. The van der Waals surface area contributed by atoms with Gasteiger partial charge in [0, 0.05) is 30.4 Å². The Bertz CT molecular complexity index is 549. The molecular formula is C20H30N2O2. The molecule has 1 aromatic rings. The minimum absolute atomic E-state index is 0.0431. The monoisotopic (exact) mass is 330 g/mol. The summed E-state index contributed by atoms with van der Waals surface area (Å²) < 4.78 is 0. The fourth-order valence-corrected chi connectivity index (χ4v) is 3.99. The molecule has 0 bridgehead atoms. The number of aliphatic hydroxyl groups excluding tert-OH is 1. The Labute approximate surface area is 145 Å². The second-order valence-corrected chi connectivity index (χ2v) is 7.61. The maximum absolute atomic E-state index is 12.5. The number of benzene rings is 1. The third-order valence-corrected chi connectivity index (χ3v) is 5.98. The molecule has 1 aliphatic carbocycles. The minimum Gasteiger partial charge on any atom is -0.393 e. The van der Waals surface area contributed by atoms with E-state index in [-0.39, 0.29) is 12.0 Å². The van der Waals surface area contributed by atoms with Gasteiger partial charge in [0.15, 0.2) is 0 Å². The highest BCUT2D eigenvalue weighted by Crippen LogP contribution is 2.29. The summed E-state index contributed by atoms with van der Waals surface area (Å²) in [7, 11) is 0.